The van der Waals surface area contributed by atoms with Crippen molar-refractivity contribution in [2.24, 2.45) is 0 Å². The van der Waals surface area contributed by atoms with Gasteiger partial charge in [0, 0.05) is 54.0 Å². The molecule has 214 valence electrons. The number of hydrogen-bond acceptors (Lipinski definition) is 10. The van der Waals surface area contributed by atoms with Gasteiger partial charge in [-0.15, -0.1) is 0 Å². The predicted octanol–water partition coefficient (Wildman–Crippen LogP) is 5.21. The first-order valence-electron chi connectivity index (χ1n) is 14.7. The minimum Gasteiger partial charge on any atom is -0.473 e. The highest BCUT2D eigenvalue weighted by atomic mass is 16.5. The molecule has 1 spiro atoms. The number of pyridine rings is 1. The number of fused-ring (bicyclic) bond motifs is 2. The second-order valence-electron chi connectivity index (χ2n) is 11.4. The smallest absolute Gasteiger partial charge is 0.219 e. The van der Waals surface area contributed by atoms with E-state index in [0.29, 0.717) is 47.1 Å². The molecule has 0 radical (unpaired) electrons. The van der Waals surface area contributed by atoms with Crippen molar-refractivity contribution in [1.82, 2.24) is 25.0 Å². The molecule has 10 heteroatoms. The molecular weight excluding hydrogens is 518 g/mol. The lowest BCUT2D eigenvalue weighted by Crippen LogP contribution is -2.41. The fourth-order valence-corrected chi connectivity index (χ4v) is 6.79. The molecule has 6 rings (SSSR count). The van der Waals surface area contributed by atoms with Crippen LogP contribution in [-0.2, 0) is 16.6 Å². The van der Waals surface area contributed by atoms with Crippen molar-refractivity contribution in [2.75, 3.05) is 18.9 Å². The summed E-state index contributed by atoms with van der Waals surface area (Å²) in [4.78, 5) is 29.3. The number of likely N-dealkylation sites (tertiary alicyclic amines) is 1. The zero-order valence-corrected chi connectivity index (χ0v) is 23.7. The zero-order valence-electron chi connectivity index (χ0n) is 23.7. The van der Waals surface area contributed by atoms with Gasteiger partial charge in [-0.2, -0.15) is 4.98 Å². The molecule has 41 heavy (non-hydrogen) atoms. The van der Waals surface area contributed by atoms with Gasteiger partial charge in [-0.25, -0.2) is 4.98 Å². The van der Waals surface area contributed by atoms with Crippen molar-refractivity contribution < 1.29 is 14.1 Å². The summed E-state index contributed by atoms with van der Waals surface area (Å²) in [7, 11) is 2.13. The number of nitrogens with one attached hydrogen (secondary N) is 2. The molecule has 0 aromatic carbocycles. The summed E-state index contributed by atoms with van der Waals surface area (Å²) in [5.74, 6) is 2.31. The molecule has 1 saturated carbocycles. The number of allylic oxidation sites excluding steroid dienone is 1. The van der Waals surface area contributed by atoms with Crippen molar-refractivity contribution >= 4 is 23.5 Å². The number of ether oxygens (including phenoxy) is 1. The number of carbonyl (C=O) groups excluding carboxylic acids is 1. The third kappa shape index (κ3) is 5.28. The van der Waals surface area contributed by atoms with Crippen LogP contribution < -0.4 is 10.1 Å². The molecule has 0 amide bonds. The average molecular weight is 556 g/mol. The highest BCUT2D eigenvalue weighted by molar-refractivity contribution is 5.91. The van der Waals surface area contributed by atoms with Crippen LogP contribution in [0.3, 0.4) is 0 Å². The van der Waals surface area contributed by atoms with E-state index in [4.69, 9.17) is 24.6 Å². The topological polar surface area (TPSA) is 130 Å². The summed E-state index contributed by atoms with van der Waals surface area (Å²) in [6.45, 7) is 3.13. The first kappa shape index (κ1) is 27.3. The Morgan fingerprint density at radius 1 is 1.20 bits per heavy atom. The Balaban J connectivity index is 1.40. The van der Waals surface area contributed by atoms with Crippen molar-refractivity contribution in [3.63, 3.8) is 0 Å². The van der Waals surface area contributed by atoms with Gasteiger partial charge in [-0.05, 0) is 83.7 Å². The molecule has 3 atom stereocenters. The third-order valence-electron chi connectivity index (χ3n) is 8.89. The van der Waals surface area contributed by atoms with Crippen LogP contribution in [-0.4, -0.2) is 62.7 Å². The molecule has 3 aliphatic rings. The quantitative estimate of drug-likeness (QED) is 0.360. The van der Waals surface area contributed by atoms with E-state index >= 15 is 0 Å². The second kappa shape index (κ2) is 11.5. The first-order chi connectivity index (χ1) is 20.0. The van der Waals surface area contributed by atoms with E-state index in [1.807, 2.05) is 12.1 Å². The lowest BCUT2D eigenvalue weighted by molar-refractivity contribution is -0.128. The van der Waals surface area contributed by atoms with Gasteiger partial charge >= 0.3 is 0 Å². The number of carbonyl (C=O) groups is 1. The monoisotopic (exact) mass is 555 g/mol. The van der Waals surface area contributed by atoms with Crippen LogP contribution in [0.25, 0.3) is 17.2 Å². The number of likely N-dealkylation sites (N-methyl/N-ethyl adjacent to an activating group) is 1. The molecule has 3 aromatic heterocycles. The van der Waals surface area contributed by atoms with Gasteiger partial charge < -0.3 is 20.0 Å². The highest BCUT2D eigenvalue weighted by Crippen LogP contribution is 2.47. The fraction of sp³-hybridized carbons (Fsp3) is 0.484. The minimum atomic E-state index is -0.574. The van der Waals surface area contributed by atoms with Gasteiger partial charge in [0.15, 0.2) is 17.3 Å². The van der Waals surface area contributed by atoms with E-state index in [1.54, 1.807) is 24.5 Å². The summed E-state index contributed by atoms with van der Waals surface area (Å²) in [5, 5.41) is 15.5. The summed E-state index contributed by atoms with van der Waals surface area (Å²) in [6.07, 6.45) is 14.3. The summed E-state index contributed by atoms with van der Waals surface area (Å²) >= 11 is 0. The number of anilines is 1. The number of hydrogen-bond donors (Lipinski definition) is 2. The molecule has 1 saturated heterocycles. The molecule has 2 N–H and O–H groups in total. The predicted molar refractivity (Wildman–Crippen MR) is 156 cm³/mol. The first-order valence-corrected chi connectivity index (χ1v) is 14.7. The number of Topliss-reactive ketones (excluding diaryl/α,β-unsaturated/α-hetero) is 1. The number of nitrogens with zero attached hydrogens (tertiary/aromatic N) is 5. The normalized spacial score (nSPS) is 23.8. The Morgan fingerprint density at radius 3 is 2.78 bits per heavy atom. The summed E-state index contributed by atoms with van der Waals surface area (Å²) in [6, 6.07) is 5.82. The van der Waals surface area contributed by atoms with Crippen LogP contribution >= 0.6 is 0 Å². The van der Waals surface area contributed by atoms with Gasteiger partial charge in [0.25, 0.3) is 0 Å². The number of rotatable bonds is 8. The number of aromatic nitrogens is 4. The van der Waals surface area contributed by atoms with Crippen LogP contribution in [0.5, 0.6) is 5.88 Å². The van der Waals surface area contributed by atoms with Gasteiger partial charge in [0.2, 0.25) is 5.88 Å². The van der Waals surface area contributed by atoms with Gasteiger partial charge in [0.05, 0.1) is 5.41 Å². The van der Waals surface area contributed by atoms with E-state index in [1.165, 1.54) is 6.21 Å². The minimum absolute atomic E-state index is 0.0794. The molecule has 0 bridgehead atoms. The van der Waals surface area contributed by atoms with E-state index in [2.05, 4.69) is 34.3 Å². The SMILES string of the molecule is C[C@H](Oc1cc(N/C(=C\C=N)c2ccncc2)nc(-c2noc3c2CCC[C@@]32CCCCC2=O)n1)[C@@H]1CCCN1C. The average Bonchev–Trinajstić information content (AvgIpc) is 3.62. The summed E-state index contributed by atoms with van der Waals surface area (Å²) < 4.78 is 12.4. The van der Waals surface area contributed by atoms with E-state index < -0.39 is 5.41 Å². The molecular formula is C31H37N7O3. The zero-order chi connectivity index (χ0) is 28.4. The molecule has 10 nitrogen and oxygen atoms in total. The van der Waals surface area contributed by atoms with Crippen LogP contribution in [0, 0.1) is 5.41 Å². The fourth-order valence-electron chi connectivity index (χ4n) is 6.79. The van der Waals surface area contributed by atoms with Crippen LogP contribution in [0.15, 0.2) is 41.2 Å². The van der Waals surface area contributed by atoms with Crippen molar-refractivity contribution in [3.8, 4) is 17.4 Å². The van der Waals surface area contributed by atoms with E-state index in [0.717, 1.165) is 69.0 Å². The van der Waals surface area contributed by atoms with Gasteiger partial charge in [0.1, 0.15) is 17.7 Å². The molecule has 2 fully saturated rings. The lowest BCUT2D eigenvalue weighted by atomic mass is 9.64. The molecule has 4 heterocycles. The van der Waals surface area contributed by atoms with Crippen molar-refractivity contribution in [1.29, 1.82) is 5.41 Å². The van der Waals surface area contributed by atoms with Crippen molar-refractivity contribution in [3.05, 3.63) is 53.6 Å². The Kier molecular flexibility index (Phi) is 7.66. The van der Waals surface area contributed by atoms with Crippen molar-refractivity contribution in [2.45, 2.75) is 82.3 Å². The van der Waals surface area contributed by atoms with Gasteiger partial charge in [-0.1, -0.05) is 11.6 Å². The second-order valence-corrected chi connectivity index (χ2v) is 11.4. The van der Waals surface area contributed by atoms with Gasteiger partial charge in [-0.3, -0.25) is 14.7 Å². The maximum Gasteiger partial charge on any atom is 0.219 e. The maximum atomic E-state index is 13.2. The lowest BCUT2D eigenvalue weighted by Gasteiger charge is -2.36. The standard InChI is InChI=1S/C31H37N7O3/c1-20(24-8-6-18-38(24)2)40-27-19-26(34-23(10-15-32)21-11-16-33-17-12-21)35-30(36-27)28-22-7-5-14-31(29(22)41-37-28)13-4-3-9-25(31)39/h10-12,15-17,19-20,24,32H,3-9,13-14,18H2,1-2H3,(H,34,35,36)/b23-10-,32-15?/t20-,24-,31+/m0/s1. The maximum absolute atomic E-state index is 13.2. The van der Waals surface area contributed by atoms with Crippen LogP contribution in [0.2, 0.25) is 0 Å². The Hall–Kier alpha value is -3.92. The van der Waals surface area contributed by atoms with E-state index in [9.17, 15) is 4.79 Å². The molecule has 3 aromatic rings. The largest absolute Gasteiger partial charge is 0.473 e. The van der Waals surface area contributed by atoms with E-state index in [-0.39, 0.29) is 11.9 Å². The van der Waals surface area contributed by atoms with Crippen LogP contribution in [0.1, 0.15) is 75.2 Å². The molecule has 1 aliphatic heterocycles. The molecule has 0 unspecified atom stereocenters. The Morgan fingerprint density at radius 2 is 2.02 bits per heavy atom. The Labute approximate surface area is 240 Å². The Bertz CT molecular complexity index is 1450. The molecule has 2 aliphatic carbocycles. The summed E-state index contributed by atoms with van der Waals surface area (Å²) in [5.41, 5.74) is 2.48. The highest BCUT2D eigenvalue weighted by Gasteiger charge is 2.48. The third-order valence-corrected chi connectivity index (χ3v) is 8.89. The van der Waals surface area contributed by atoms with Crippen LogP contribution in [0.4, 0.5) is 5.82 Å². The number of ketones is 1.